The minimum Gasteiger partial charge on any atom is -0.336 e. The molecule has 0 saturated carbocycles. The van der Waals surface area contributed by atoms with E-state index in [1.165, 1.54) is 29.2 Å². The van der Waals surface area contributed by atoms with Crippen molar-refractivity contribution in [3.05, 3.63) is 56.6 Å². The van der Waals surface area contributed by atoms with Crippen molar-refractivity contribution < 1.29 is 27.6 Å². The van der Waals surface area contributed by atoms with Crippen LogP contribution in [0.4, 0.5) is 10.5 Å². The van der Waals surface area contributed by atoms with Crippen molar-refractivity contribution in [1.82, 2.24) is 19.8 Å². The van der Waals surface area contributed by atoms with Crippen LogP contribution in [0.3, 0.4) is 0 Å². The van der Waals surface area contributed by atoms with Crippen LogP contribution in [0.25, 0.3) is 6.08 Å². The predicted molar refractivity (Wildman–Crippen MR) is 158 cm³/mol. The molecule has 11 nitrogen and oxygen atoms in total. The first kappa shape index (κ1) is 30.7. The van der Waals surface area contributed by atoms with Crippen LogP contribution in [-0.4, -0.2) is 80.1 Å². The Morgan fingerprint density at radius 1 is 1.12 bits per heavy atom. The molecule has 2 aliphatic rings. The van der Waals surface area contributed by atoms with E-state index in [2.05, 4.69) is 15.4 Å². The topological polar surface area (TPSA) is 145 Å². The van der Waals surface area contributed by atoms with Gasteiger partial charge in [0.2, 0.25) is 21.8 Å². The Kier molecular flexibility index (Phi) is 10.2. The maximum atomic E-state index is 13.2. The van der Waals surface area contributed by atoms with Gasteiger partial charge in [0.25, 0.3) is 0 Å². The second-order valence-corrected chi connectivity index (χ2v) is 13.3. The summed E-state index contributed by atoms with van der Waals surface area (Å²) in [5.41, 5.74) is 0.965. The average Bonchev–Trinajstić information content (AvgIpc) is 3.57. The monoisotopic (exact) mass is 621 g/mol. The molecule has 2 unspecified atom stereocenters. The summed E-state index contributed by atoms with van der Waals surface area (Å²) in [6.07, 6.45) is 3.76. The number of urea groups is 1. The van der Waals surface area contributed by atoms with Crippen molar-refractivity contribution in [3.8, 4) is 0 Å². The summed E-state index contributed by atoms with van der Waals surface area (Å²) in [6, 6.07) is 8.32. The molecule has 0 aliphatic carbocycles. The van der Waals surface area contributed by atoms with Gasteiger partial charge in [-0.2, -0.15) is 4.72 Å². The van der Waals surface area contributed by atoms with Crippen molar-refractivity contribution in [1.29, 1.82) is 0 Å². The van der Waals surface area contributed by atoms with E-state index in [-0.39, 0.29) is 30.8 Å². The van der Waals surface area contributed by atoms with E-state index in [1.807, 2.05) is 0 Å². The number of likely N-dealkylation sites (tertiary alicyclic amines) is 2. The molecule has 2 aromatic rings. The number of carbonyl (C=O) groups is 4. The van der Waals surface area contributed by atoms with E-state index in [4.69, 9.17) is 11.6 Å². The number of halogens is 1. The van der Waals surface area contributed by atoms with E-state index >= 15 is 0 Å². The highest BCUT2D eigenvalue weighted by Gasteiger charge is 2.35. The van der Waals surface area contributed by atoms with E-state index in [0.29, 0.717) is 52.8 Å². The zero-order valence-corrected chi connectivity index (χ0v) is 24.9. The highest BCUT2D eigenvalue weighted by Crippen LogP contribution is 2.23. The molecule has 2 atom stereocenters. The van der Waals surface area contributed by atoms with Crippen molar-refractivity contribution in [2.45, 2.75) is 44.7 Å². The first-order chi connectivity index (χ1) is 19.5. The van der Waals surface area contributed by atoms with E-state index in [0.717, 1.165) is 11.8 Å². The molecular weight excluding hydrogens is 590 g/mol. The van der Waals surface area contributed by atoms with Gasteiger partial charge in [0.1, 0.15) is 6.04 Å². The van der Waals surface area contributed by atoms with Gasteiger partial charge in [-0.1, -0.05) is 23.7 Å². The quantitative estimate of drug-likeness (QED) is 0.347. The number of hydrogen-bond acceptors (Lipinski definition) is 7. The van der Waals surface area contributed by atoms with Gasteiger partial charge in [0.15, 0.2) is 5.78 Å². The van der Waals surface area contributed by atoms with E-state index in [9.17, 15) is 27.6 Å². The van der Waals surface area contributed by atoms with Crippen molar-refractivity contribution in [2.75, 3.05) is 31.5 Å². The Bertz CT molecular complexity index is 1440. The van der Waals surface area contributed by atoms with Crippen molar-refractivity contribution in [3.63, 3.8) is 0 Å². The third-order valence-electron chi connectivity index (χ3n) is 6.89. The lowest BCUT2D eigenvalue weighted by atomic mass is 10.1. The maximum absolute atomic E-state index is 13.2. The number of ketones is 1. The molecule has 2 fully saturated rings. The number of amides is 4. The van der Waals surface area contributed by atoms with E-state index < -0.39 is 28.0 Å². The fourth-order valence-corrected chi connectivity index (χ4v) is 6.92. The summed E-state index contributed by atoms with van der Waals surface area (Å²) in [5, 5.41) is 6.48. The molecule has 3 N–H and O–H groups in total. The number of thiophene rings is 1. The number of nitrogens with one attached hydrogen (secondary N) is 3. The van der Waals surface area contributed by atoms with Crippen LogP contribution in [0.15, 0.2) is 41.8 Å². The first-order valence-electron chi connectivity index (χ1n) is 13.2. The summed E-state index contributed by atoms with van der Waals surface area (Å²) in [6.45, 7) is 2.36. The second kappa shape index (κ2) is 13.6. The number of rotatable bonds is 10. The zero-order valence-electron chi connectivity index (χ0n) is 22.5. The maximum Gasteiger partial charge on any atom is 0.319 e. The van der Waals surface area contributed by atoms with Gasteiger partial charge in [-0.3, -0.25) is 14.4 Å². The predicted octanol–water partition coefficient (Wildman–Crippen LogP) is 3.30. The molecule has 1 aromatic heterocycles. The number of sulfonamides is 1. The smallest absolute Gasteiger partial charge is 0.319 e. The van der Waals surface area contributed by atoms with Gasteiger partial charge < -0.3 is 20.4 Å². The summed E-state index contributed by atoms with van der Waals surface area (Å²) in [5.74, 6) is -0.807. The normalized spacial score (nSPS) is 19.5. The fraction of sp³-hybridized carbons (Fsp3) is 0.407. The lowest BCUT2D eigenvalue weighted by Gasteiger charge is -2.34. The van der Waals surface area contributed by atoms with Gasteiger partial charge in [0, 0.05) is 47.2 Å². The number of anilines is 1. The number of benzene rings is 1. The Morgan fingerprint density at radius 2 is 1.90 bits per heavy atom. The highest BCUT2D eigenvalue weighted by molar-refractivity contribution is 7.92. The minimum atomic E-state index is -3.90. The van der Waals surface area contributed by atoms with Crippen LogP contribution in [0, 0.1) is 0 Å². The molecule has 0 radical (unpaired) electrons. The number of hydrogen-bond donors (Lipinski definition) is 3. The third kappa shape index (κ3) is 8.62. The average molecular weight is 622 g/mol. The molecule has 2 aliphatic heterocycles. The molecule has 220 valence electrons. The number of piperidine rings is 1. The third-order valence-corrected chi connectivity index (χ3v) is 9.20. The van der Waals surface area contributed by atoms with Gasteiger partial charge in [-0.25, -0.2) is 13.2 Å². The SMILES string of the molecule is CC(=O)c1cccc(NC(=O)NCC2CCCN2C(=O)CN2CCCC(NS(=O)(=O)/C=C/c3ccc(Cl)s3)C2=O)c1. The van der Waals surface area contributed by atoms with Crippen LogP contribution < -0.4 is 15.4 Å². The van der Waals surface area contributed by atoms with E-state index in [1.54, 1.807) is 41.3 Å². The summed E-state index contributed by atoms with van der Waals surface area (Å²) < 4.78 is 28.1. The van der Waals surface area contributed by atoms with Gasteiger partial charge in [-0.05, 0) is 62.9 Å². The van der Waals surface area contributed by atoms with Crippen molar-refractivity contribution in [2.24, 2.45) is 0 Å². The van der Waals surface area contributed by atoms with Crippen LogP contribution >= 0.6 is 22.9 Å². The molecule has 0 bridgehead atoms. The lowest BCUT2D eigenvalue weighted by Crippen LogP contribution is -2.55. The van der Waals surface area contributed by atoms with Gasteiger partial charge in [-0.15, -0.1) is 11.3 Å². The van der Waals surface area contributed by atoms with Crippen LogP contribution in [0.5, 0.6) is 0 Å². The summed E-state index contributed by atoms with van der Waals surface area (Å²) in [7, 11) is -3.90. The standard InChI is InChI=1S/C27H32ClN5O6S2/c1-18(34)19-5-2-6-20(15-19)30-27(37)29-16-21-7-3-13-33(21)25(35)17-32-12-4-8-23(26(32)36)31-41(38,39)14-11-22-9-10-24(28)40-22/h2,5-6,9-11,14-15,21,23,31H,3-4,7-8,12-13,16-17H2,1H3,(H2,29,30,37)/b14-11+. The fourth-order valence-electron chi connectivity index (χ4n) is 4.85. The molecule has 4 rings (SSSR count). The molecule has 2 saturated heterocycles. The molecule has 3 heterocycles. The molecule has 0 spiro atoms. The molecule has 14 heteroatoms. The number of Topliss-reactive ketones (excluding diaryl/α,β-unsaturated/α-hetero) is 1. The number of nitrogens with zero attached hydrogens (tertiary/aromatic N) is 2. The summed E-state index contributed by atoms with van der Waals surface area (Å²) in [4.78, 5) is 54.0. The minimum absolute atomic E-state index is 0.109. The zero-order chi connectivity index (χ0) is 29.6. The Morgan fingerprint density at radius 3 is 2.63 bits per heavy atom. The molecule has 41 heavy (non-hydrogen) atoms. The van der Waals surface area contributed by atoms with Crippen LogP contribution in [0.1, 0.15) is 47.8 Å². The van der Waals surface area contributed by atoms with Crippen LogP contribution in [0.2, 0.25) is 4.34 Å². The second-order valence-electron chi connectivity index (χ2n) is 9.92. The number of carbonyl (C=O) groups excluding carboxylic acids is 4. The first-order valence-corrected chi connectivity index (χ1v) is 15.9. The van der Waals surface area contributed by atoms with Crippen molar-refractivity contribution >= 4 is 68.4 Å². The van der Waals surface area contributed by atoms with Gasteiger partial charge >= 0.3 is 6.03 Å². The Labute approximate surface area is 248 Å². The molecular formula is C27H32ClN5O6S2. The molecule has 1 aromatic carbocycles. The lowest BCUT2D eigenvalue weighted by molar-refractivity contribution is -0.143. The summed E-state index contributed by atoms with van der Waals surface area (Å²) >= 11 is 7.11. The molecule has 4 amide bonds. The van der Waals surface area contributed by atoms with Gasteiger partial charge in [0.05, 0.1) is 10.9 Å². The highest BCUT2D eigenvalue weighted by atomic mass is 35.5. The van der Waals surface area contributed by atoms with Crippen LogP contribution in [-0.2, 0) is 19.6 Å². The Balaban J connectivity index is 1.28. The Hall–Kier alpha value is -3.26. The largest absolute Gasteiger partial charge is 0.336 e.